The van der Waals surface area contributed by atoms with Crippen molar-refractivity contribution in [2.75, 3.05) is 7.11 Å². The van der Waals surface area contributed by atoms with Crippen LogP contribution < -0.4 is 5.56 Å². The monoisotopic (exact) mass is 364 g/mol. The molecule has 3 aromatic heterocycles. The van der Waals surface area contributed by atoms with Crippen molar-refractivity contribution in [3.05, 3.63) is 64.6 Å². The van der Waals surface area contributed by atoms with Crippen LogP contribution in [0.4, 0.5) is 4.39 Å². The molecule has 136 valence electrons. The van der Waals surface area contributed by atoms with E-state index in [0.29, 0.717) is 28.3 Å². The minimum atomic E-state index is -0.303. The molecule has 1 fully saturated rings. The van der Waals surface area contributed by atoms with Gasteiger partial charge in [0, 0.05) is 25.5 Å². The summed E-state index contributed by atoms with van der Waals surface area (Å²) >= 11 is 0. The molecule has 1 aromatic carbocycles. The number of rotatable bonds is 4. The Morgan fingerprint density at radius 2 is 2.00 bits per heavy atom. The number of aromatic nitrogens is 4. The van der Waals surface area contributed by atoms with Crippen LogP contribution in [0.2, 0.25) is 0 Å². The number of fused-ring (bicyclic) bond motifs is 3. The molecule has 1 saturated carbocycles. The highest BCUT2D eigenvalue weighted by Crippen LogP contribution is 2.34. The first kappa shape index (κ1) is 16.1. The molecule has 0 spiro atoms. The molecule has 0 aliphatic heterocycles. The van der Waals surface area contributed by atoms with Gasteiger partial charge in [-0.25, -0.2) is 13.9 Å². The SMILES string of the molecule is COCc1nn2c(ncc3c(=O)n(C4CC4)ccc32)c1-c1ccc(F)cc1. The summed E-state index contributed by atoms with van der Waals surface area (Å²) in [5.41, 5.74) is 3.55. The number of pyridine rings is 1. The molecule has 7 heteroatoms. The topological polar surface area (TPSA) is 61.4 Å². The smallest absolute Gasteiger partial charge is 0.261 e. The van der Waals surface area contributed by atoms with Gasteiger partial charge in [0.25, 0.3) is 5.56 Å². The molecule has 6 nitrogen and oxygen atoms in total. The van der Waals surface area contributed by atoms with Crippen LogP contribution in [0.1, 0.15) is 24.6 Å². The predicted octanol–water partition coefficient (Wildman–Crippen LogP) is 3.33. The lowest BCUT2D eigenvalue weighted by Gasteiger charge is -2.06. The fourth-order valence-corrected chi connectivity index (χ4v) is 3.52. The molecular weight excluding hydrogens is 347 g/mol. The molecule has 0 atom stereocenters. The first-order valence-corrected chi connectivity index (χ1v) is 8.83. The van der Waals surface area contributed by atoms with Crippen LogP contribution >= 0.6 is 0 Å². The van der Waals surface area contributed by atoms with E-state index in [9.17, 15) is 9.18 Å². The highest BCUT2D eigenvalue weighted by atomic mass is 19.1. The summed E-state index contributed by atoms with van der Waals surface area (Å²) in [4.78, 5) is 17.3. The van der Waals surface area contributed by atoms with Gasteiger partial charge in [0.2, 0.25) is 0 Å². The van der Waals surface area contributed by atoms with Gasteiger partial charge < -0.3 is 9.30 Å². The van der Waals surface area contributed by atoms with Crippen LogP contribution in [-0.4, -0.2) is 26.3 Å². The van der Waals surface area contributed by atoms with E-state index in [1.807, 2.05) is 12.3 Å². The predicted molar refractivity (Wildman–Crippen MR) is 99.1 cm³/mol. The number of nitrogens with zero attached hydrogens (tertiary/aromatic N) is 4. The Hall–Kier alpha value is -3.06. The fraction of sp³-hybridized carbons (Fsp3) is 0.250. The maximum Gasteiger partial charge on any atom is 0.261 e. The van der Waals surface area contributed by atoms with Crippen LogP contribution in [0.3, 0.4) is 0 Å². The second kappa shape index (κ2) is 5.99. The summed E-state index contributed by atoms with van der Waals surface area (Å²) in [6.07, 6.45) is 5.51. The molecule has 4 aromatic rings. The molecule has 0 bridgehead atoms. The summed E-state index contributed by atoms with van der Waals surface area (Å²) in [6, 6.07) is 8.41. The van der Waals surface area contributed by atoms with Crippen molar-refractivity contribution >= 4 is 16.6 Å². The van der Waals surface area contributed by atoms with Crippen LogP contribution in [0.5, 0.6) is 0 Å². The third-order valence-corrected chi connectivity index (χ3v) is 4.97. The third-order valence-electron chi connectivity index (χ3n) is 4.97. The van der Waals surface area contributed by atoms with Gasteiger partial charge >= 0.3 is 0 Å². The van der Waals surface area contributed by atoms with E-state index < -0.39 is 0 Å². The van der Waals surface area contributed by atoms with Crippen molar-refractivity contribution in [2.24, 2.45) is 0 Å². The Bertz CT molecular complexity index is 1220. The Balaban J connectivity index is 1.80. The maximum atomic E-state index is 13.4. The quantitative estimate of drug-likeness (QED) is 0.557. The Labute approximate surface area is 153 Å². The van der Waals surface area contributed by atoms with Gasteiger partial charge in [-0.1, -0.05) is 12.1 Å². The Morgan fingerprint density at radius 3 is 2.70 bits per heavy atom. The molecule has 27 heavy (non-hydrogen) atoms. The number of halogens is 1. The Morgan fingerprint density at radius 1 is 1.22 bits per heavy atom. The van der Waals surface area contributed by atoms with Gasteiger partial charge in [0.05, 0.1) is 28.8 Å². The van der Waals surface area contributed by atoms with E-state index in [0.717, 1.165) is 24.0 Å². The molecule has 1 aliphatic carbocycles. The van der Waals surface area contributed by atoms with Crippen molar-refractivity contribution in [1.82, 2.24) is 19.2 Å². The molecule has 0 N–H and O–H groups in total. The zero-order valence-electron chi connectivity index (χ0n) is 14.7. The minimum absolute atomic E-state index is 0.0449. The summed E-state index contributed by atoms with van der Waals surface area (Å²) < 4.78 is 22.1. The molecular formula is C20H17FN4O2. The van der Waals surface area contributed by atoms with E-state index in [4.69, 9.17) is 4.74 Å². The largest absolute Gasteiger partial charge is 0.378 e. The van der Waals surface area contributed by atoms with Gasteiger partial charge in [-0.3, -0.25) is 4.79 Å². The average Bonchev–Trinajstić information content (AvgIpc) is 3.44. The second-order valence-electron chi connectivity index (χ2n) is 6.81. The molecule has 0 unspecified atom stereocenters. The lowest BCUT2D eigenvalue weighted by Crippen LogP contribution is -2.19. The number of methoxy groups -OCH3 is 1. The summed E-state index contributed by atoms with van der Waals surface area (Å²) in [6.45, 7) is 0.288. The zero-order chi connectivity index (χ0) is 18.5. The summed E-state index contributed by atoms with van der Waals surface area (Å²) in [5, 5.41) is 5.18. The normalized spacial score (nSPS) is 14.3. The van der Waals surface area contributed by atoms with Gasteiger partial charge in [-0.2, -0.15) is 5.10 Å². The molecule has 0 saturated heterocycles. The van der Waals surface area contributed by atoms with Crippen molar-refractivity contribution in [2.45, 2.75) is 25.5 Å². The van der Waals surface area contributed by atoms with Crippen LogP contribution in [-0.2, 0) is 11.3 Å². The van der Waals surface area contributed by atoms with Crippen LogP contribution in [0.25, 0.3) is 27.7 Å². The molecule has 3 heterocycles. The highest BCUT2D eigenvalue weighted by Gasteiger charge is 2.25. The van der Waals surface area contributed by atoms with E-state index in [1.54, 1.807) is 34.5 Å². The average molecular weight is 364 g/mol. The van der Waals surface area contributed by atoms with Crippen molar-refractivity contribution in [3.63, 3.8) is 0 Å². The first-order valence-electron chi connectivity index (χ1n) is 8.83. The maximum absolute atomic E-state index is 13.4. The Kier molecular flexibility index (Phi) is 3.58. The second-order valence-corrected chi connectivity index (χ2v) is 6.81. The molecule has 0 amide bonds. The zero-order valence-corrected chi connectivity index (χ0v) is 14.7. The van der Waals surface area contributed by atoms with Crippen LogP contribution in [0, 0.1) is 5.82 Å². The minimum Gasteiger partial charge on any atom is -0.378 e. The van der Waals surface area contributed by atoms with Crippen molar-refractivity contribution in [3.8, 4) is 11.1 Å². The fourth-order valence-electron chi connectivity index (χ4n) is 3.52. The van der Waals surface area contributed by atoms with E-state index in [-0.39, 0.29) is 18.0 Å². The van der Waals surface area contributed by atoms with Crippen molar-refractivity contribution in [1.29, 1.82) is 0 Å². The number of benzene rings is 1. The summed E-state index contributed by atoms with van der Waals surface area (Å²) in [7, 11) is 1.60. The first-order chi connectivity index (χ1) is 13.2. The standard InChI is InChI=1S/C20H17FN4O2/c1-27-11-16-18(12-2-4-13(21)5-3-12)19-22-10-15-17(25(19)23-16)8-9-24(20(15)26)14-6-7-14/h2-5,8-10,14H,6-7,11H2,1H3. The number of hydrogen-bond acceptors (Lipinski definition) is 4. The van der Waals surface area contributed by atoms with Gasteiger partial charge in [0.15, 0.2) is 5.65 Å². The van der Waals surface area contributed by atoms with Crippen molar-refractivity contribution < 1.29 is 9.13 Å². The van der Waals surface area contributed by atoms with Gasteiger partial charge in [0.1, 0.15) is 5.82 Å². The van der Waals surface area contributed by atoms with Gasteiger partial charge in [-0.15, -0.1) is 0 Å². The van der Waals surface area contributed by atoms with E-state index in [1.165, 1.54) is 12.1 Å². The number of hydrogen-bond donors (Lipinski definition) is 0. The lowest BCUT2D eigenvalue weighted by molar-refractivity contribution is 0.181. The number of ether oxygens (including phenoxy) is 1. The molecule has 0 radical (unpaired) electrons. The van der Waals surface area contributed by atoms with Gasteiger partial charge in [-0.05, 0) is 36.6 Å². The van der Waals surface area contributed by atoms with Crippen LogP contribution in [0.15, 0.2) is 47.5 Å². The lowest BCUT2D eigenvalue weighted by atomic mass is 10.1. The van der Waals surface area contributed by atoms with E-state index in [2.05, 4.69) is 10.1 Å². The van der Waals surface area contributed by atoms with E-state index >= 15 is 0 Å². The summed E-state index contributed by atoms with van der Waals surface area (Å²) in [5.74, 6) is -0.303. The molecule has 1 aliphatic rings. The molecule has 5 rings (SSSR count). The third kappa shape index (κ3) is 2.54. The highest BCUT2D eigenvalue weighted by molar-refractivity contribution is 5.86.